The standard InChI is InChI=1S/C18H26N2O/c1-6-10-19-12-13-11-16(18(2,3)4)20-17-14(13)8-7-9-15(17)21-5/h7-9,11,19H,6,10,12H2,1-5H3. The van der Waals surface area contributed by atoms with E-state index in [4.69, 9.17) is 9.72 Å². The van der Waals surface area contributed by atoms with Crippen LogP contribution in [-0.4, -0.2) is 18.6 Å². The predicted octanol–water partition coefficient (Wildman–Crippen LogP) is 4.04. The molecule has 0 aliphatic rings. The molecular weight excluding hydrogens is 260 g/mol. The molecule has 0 spiro atoms. The van der Waals surface area contributed by atoms with E-state index in [1.165, 1.54) is 10.9 Å². The minimum absolute atomic E-state index is 0.0224. The molecule has 1 aromatic heterocycles. The lowest BCUT2D eigenvalue weighted by Gasteiger charge is -2.21. The first-order valence-corrected chi connectivity index (χ1v) is 7.65. The third kappa shape index (κ3) is 3.53. The molecule has 0 amide bonds. The molecule has 0 unspecified atom stereocenters. The van der Waals surface area contributed by atoms with Gasteiger partial charge in [-0.25, -0.2) is 4.98 Å². The zero-order valence-electron chi connectivity index (χ0n) is 13.8. The van der Waals surface area contributed by atoms with Crippen molar-refractivity contribution in [1.82, 2.24) is 10.3 Å². The van der Waals surface area contributed by atoms with Crippen LogP contribution in [0.2, 0.25) is 0 Å². The van der Waals surface area contributed by atoms with Crippen molar-refractivity contribution in [2.24, 2.45) is 0 Å². The number of benzene rings is 1. The lowest BCUT2D eigenvalue weighted by molar-refractivity contribution is 0.418. The number of nitrogens with one attached hydrogen (secondary N) is 1. The molecule has 0 fully saturated rings. The number of hydrogen-bond acceptors (Lipinski definition) is 3. The maximum Gasteiger partial charge on any atom is 0.145 e. The third-order valence-corrected chi connectivity index (χ3v) is 3.62. The molecule has 0 bridgehead atoms. The molecule has 0 saturated carbocycles. The molecule has 114 valence electrons. The summed E-state index contributed by atoms with van der Waals surface area (Å²) < 4.78 is 5.49. The Balaban J connectivity index is 2.58. The van der Waals surface area contributed by atoms with Crippen LogP contribution in [0.3, 0.4) is 0 Å². The predicted molar refractivity (Wildman–Crippen MR) is 89.0 cm³/mol. The van der Waals surface area contributed by atoms with Gasteiger partial charge in [0, 0.05) is 23.0 Å². The summed E-state index contributed by atoms with van der Waals surface area (Å²) in [4.78, 5) is 4.85. The molecule has 2 aromatic rings. The van der Waals surface area contributed by atoms with E-state index in [9.17, 15) is 0 Å². The van der Waals surface area contributed by atoms with E-state index < -0.39 is 0 Å². The maximum absolute atomic E-state index is 5.49. The Bertz CT molecular complexity index is 614. The summed E-state index contributed by atoms with van der Waals surface area (Å²) >= 11 is 0. The molecule has 0 atom stereocenters. The average Bonchev–Trinajstić information content (AvgIpc) is 2.45. The fourth-order valence-corrected chi connectivity index (χ4v) is 2.39. The molecule has 0 aliphatic heterocycles. The summed E-state index contributed by atoms with van der Waals surface area (Å²) in [5.41, 5.74) is 3.37. The van der Waals surface area contributed by atoms with Crippen molar-refractivity contribution >= 4 is 10.9 Å². The molecule has 2 rings (SSSR count). The molecule has 0 saturated heterocycles. The minimum Gasteiger partial charge on any atom is -0.494 e. The molecule has 21 heavy (non-hydrogen) atoms. The lowest BCUT2D eigenvalue weighted by atomic mass is 9.89. The fraction of sp³-hybridized carbons (Fsp3) is 0.500. The highest BCUT2D eigenvalue weighted by molar-refractivity contribution is 5.87. The number of rotatable bonds is 5. The van der Waals surface area contributed by atoms with Gasteiger partial charge in [0.2, 0.25) is 0 Å². The number of nitrogens with zero attached hydrogens (tertiary/aromatic N) is 1. The number of para-hydroxylation sites is 1. The molecule has 1 N–H and O–H groups in total. The van der Waals surface area contributed by atoms with Crippen molar-refractivity contribution in [3.63, 3.8) is 0 Å². The molecule has 0 radical (unpaired) electrons. The SMILES string of the molecule is CCCNCc1cc(C(C)(C)C)nc2c(OC)cccc12. The second-order valence-corrected chi connectivity index (χ2v) is 6.45. The van der Waals surface area contributed by atoms with Crippen LogP contribution in [0.15, 0.2) is 24.3 Å². The molecule has 1 heterocycles. The zero-order chi connectivity index (χ0) is 15.5. The monoisotopic (exact) mass is 286 g/mol. The molecule has 1 aromatic carbocycles. The van der Waals surface area contributed by atoms with Crippen LogP contribution >= 0.6 is 0 Å². The van der Waals surface area contributed by atoms with Gasteiger partial charge in [-0.05, 0) is 30.7 Å². The Labute approximate surface area is 127 Å². The van der Waals surface area contributed by atoms with E-state index in [0.29, 0.717) is 0 Å². The van der Waals surface area contributed by atoms with Gasteiger partial charge in [-0.1, -0.05) is 39.8 Å². The summed E-state index contributed by atoms with van der Waals surface area (Å²) in [7, 11) is 1.70. The normalized spacial score (nSPS) is 11.9. The largest absolute Gasteiger partial charge is 0.494 e. The van der Waals surface area contributed by atoms with Gasteiger partial charge >= 0.3 is 0 Å². The number of fused-ring (bicyclic) bond motifs is 1. The van der Waals surface area contributed by atoms with E-state index in [-0.39, 0.29) is 5.41 Å². The Morgan fingerprint density at radius 3 is 2.62 bits per heavy atom. The van der Waals surface area contributed by atoms with Crippen LogP contribution in [0.5, 0.6) is 5.75 Å². The highest BCUT2D eigenvalue weighted by Crippen LogP contribution is 2.30. The molecule has 0 aliphatic carbocycles. The smallest absolute Gasteiger partial charge is 0.145 e. The van der Waals surface area contributed by atoms with Gasteiger partial charge in [-0.3, -0.25) is 0 Å². The van der Waals surface area contributed by atoms with Crippen LogP contribution in [0.25, 0.3) is 10.9 Å². The number of aromatic nitrogens is 1. The van der Waals surface area contributed by atoms with Crippen LogP contribution in [0, 0.1) is 0 Å². The van der Waals surface area contributed by atoms with Gasteiger partial charge in [0.05, 0.1) is 7.11 Å². The quantitative estimate of drug-likeness (QED) is 0.842. The second-order valence-electron chi connectivity index (χ2n) is 6.45. The van der Waals surface area contributed by atoms with Crippen LogP contribution in [0.4, 0.5) is 0 Å². The number of hydrogen-bond donors (Lipinski definition) is 1. The topological polar surface area (TPSA) is 34.2 Å². The van der Waals surface area contributed by atoms with Crippen LogP contribution in [-0.2, 0) is 12.0 Å². The summed E-state index contributed by atoms with van der Waals surface area (Å²) in [5, 5.41) is 4.66. The summed E-state index contributed by atoms with van der Waals surface area (Å²) in [6.45, 7) is 10.7. The minimum atomic E-state index is 0.0224. The highest BCUT2D eigenvalue weighted by Gasteiger charge is 2.19. The number of methoxy groups -OCH3 is 1. The van der Waals surface area contributed by atoms with E-state index >= 15 is 0 Å². The van der Waals surface area contributed by atoms with E-state index in [2.05, 4.69) is 45.1 Å². The Kier molecular flexibility index (Phi) is 4.84. The van der Waals surface area contributed by atoms with Crippen molar-refractivity contribution in [3.05, 3.63) is 35.5 Å². The first-order chi connectivity index (χ1) is 9.97. The van der Waals surface area contributed by atoms with E-state index in [0.717, 1.165) is 36.5 Å². The summed E-state index contributed by atoms with van der Waals surface area (Å²) in [6, 6.07) is 8.36. The molecule has 3 nitrogen and oxygen atoms in total. The first kappa shape index (κ1) is 15.8. The van der Waals surface area contributed by atoms with Crippen molar-refractivity contribution in [2.45, 2.75) is 46.1 Å². The number of pyridine rings is 1. The van der Waals surface area contributed by atoms with Crippen molar-refractivity contribution in [2.75, 3.05) is 13.7 Å². The Morgan fingerprint density at radius 1 is 1.24 bits per heavy atom. The van der Waals surface area contributed by atoms with Gasteiger partial charge in [0.1, 0.15) is 11.3 Å². The zero-order valence-corrected chi connectivity index (χ0v) is 13.8. The number of ether oxygens (including phenoxy) is 1. The van der Waals surface area contributed by atoms with Gasteiger partial charge in [0.25, 0.3) is 0 Å². The van der Waals surface area contributed by atoms with Crippen molar-refractivity contribution < 1.29 is 4.74 Å². The van der Waals surface area contributed by atoms with Gasteiger partial charge < -0.3 is 10.1 Å². The second kappa shape index (κ2) is 6.44. The van der Waals surface area contributed by atoms with E-state index in [1.807, 2.05) is 12.1 Å². The van der Waals surface area contributed by atoms with Crippen LogP contribution in [0.1, 0.15) is 45.4 Å². The Hall–Kier alpha value is -1.61. The van der Waals surface area contributed by atoms with Gasteiger partial charge in [0.15, 0.2) is 0 Å². The maximum atomic E-state index is 5.49. The van der Waals surface area contributed by atoms with Gasteiger partial charge in [-0.2, -0.15) is 0 Å². The first-order valence-electron chi connectivity index (χ1n) is 7.65. The lowest BCUT2D eigenvalue weighted by Crippen LogP contribution is -2.18. The van der Waals surface area contributed by atoms with Crippen molar-refractivity contribution in [1.29, 1.82) is 0 Å². The molecule has 3 heteroatoms. The Morgan fingerprint density at radius 2 is 2.00 bits per heavy atom. The average molecular weight is 286 g/mol. The summed E-state index contributed by atoms with van der Waals surface area (Å²) in [6.07, 6.45) is 1.14. The summed E-state index contributed by atoms with van der Waals surface area (Å²) in [5.74, 6) is 0.843. The molecular formula is C18H26N2O. The third-order valence-electron chi connectivity index (χ3n) is 3.62. The fourth-order valence-electron chi connectivity index (χ4n) is 2.39. The van der Waals surface area contributed by atoms with Crippen molar-refractivity contribution in [3.8, 4) is 5.75 Å². The van der Waals surface area contributed by atoms with E-state index in [1.54, 1.807) is 7.11 Å². The van der Waals surface area contributed by atoms with Crippen LogP contribution < -0.4 is 10.1 Å². The van der Waals surface area contributed by atoms with Gasteiger partial charge in [-0.15, -0.1) is 0 Å². The highest BCUT2D eigenvalue weighted by atomic mass is 16.5.